The molecule has 2 aromatic carbocycles. The van der Waals surface area contributed by atoms with E-state index in [1.807, 2.05) is 36.4 Å². The fraction of sp³-hybridized carbons (Fsp3) is 0.350. The van der Waals surface area contributed by atoms with Crippen LogP contribution in [0.4, 0.5) is 0 Å². The summed E-state index contributed by atoms with van der Waals surface area (Å²) in [5.41, 5.74) is 9.27. The zero-order valence-corrected chi connectivity index (χ0v) is 13.9. The predicted molar refractivity (Wildman–Crippen MR) is 96.2 cm³/mol. The van der Waals surface area contributed by atoms with Crippen molar-refractivity contribution < 1.29 is 4.79 Å². The molecule has 0 radical (unpaired) electrons. The van der Waals surface area contributed by atoms with Crippen LogP contribution in [0.15, 0.2) is 54.6 Å². The number of carbonyl (C=O) groups is 1. The number of hydrogen-bond donors (Lipinski definition) is 2. The number of nitrogens with two attached hydrogens (primary N) is 1. The number of carbonyl (C=O) groups excluding carboxylic acids is 1. The first-order chi connectivity index (χ1) is 11.7. The summed E-state index contributed by atoms with van der Waals surface area (Å²) in [5.74, 6) is -0.147. The minimum Gasteiger partial charge on any atom is -0.350 e. The first-order valence-corrected chi connectivity index (χ1v) is 8.61. The monoisotopic (exact) mass is 323 g/mol. The summed E-state index contributed by atoms with van der Waals surface area (Å²) in [6.07, 6.45) is 2.60. The summed E-state index contributed by atoms with van der Waals surface area (Å²) < 4.78 is 0. The molecule has 4 heteroatoms. The number of rotatable bonds is 6. The quantitative estimate of drug-likeness (QED) is 0.859. The zero-order valence-electron chi connectivity index (χ0n) is 13.9. The van der Waals surface area contributed by atoms with Gasteiger partial charge in [0.15, 0.2) is 0 Å². The Morgan fingerprint density at radius 2 is 1.75 bits per heavy atom. The Bertz CT molecular complexity index is 666. The first-order valence-electron chi connectivity index (χ1n) is 8.61. The smallest absolute Gasteiger partial charge is 0.241 e. The lowest BCUT2D eigenvalue weighted by atomic mass is 10.1. The number of nitrogens with zero attached hydrogens (tertiary/aromatic N) is 1. The number of benzene rings is 2. The molecule has 0 bridgehead atoms. The van der Waals surface area contributed by atoms with Gasteiger partial charge in [-0.3, -0.25) is 9.69 Å². The molecule has 24 heavy (non-hydrogen) atoms. The Morgan fingerprint density at radius 3 is 2.50 bits per heavy atom. The largest absolute Gasteiger partial charge is 0.350 e. The lowest BCUT2D eigenvalue weighted by Crippen LogP contribution is -2.33. The van der Waals surface area contributed by atoms with E-state index in [2.05, 4.69) is 28.4 Å². The second-order valence-electron chi connectivity index (χ2n) is 6.41. The van der Waals surface area contributed by atoms with Gasteiger partial charge in [-0.1, -0.05) is 54.6 Å². The number of nitrogens with one attached hydrogen (secondary N) is 1. The molecule has 1 amide bonds. The summed E-state index contributed by atoms with van der Waals surface area (Å²) in [4.78, 5) is 14.7. The first kappa shape index (κ1) is 16.7. The van der Waals surface area contributed by atoms with E-state index in [4.69, 9.17) is 5.73 Å². The molecule has 1 aliphatic heterocycles. The van der Waals surface area contributed by atoms with E-state index in [9.17, 15) is 4.79 Å². The van der Waals surface area contributed by atoms with Crippen molar-refractivity contribution in [2.24, 2.45) is 5.73 Å². The highest BCUT2D eigenvalue weighted by Gasteiger charge is 2.15. The van der Waals surface area contributed by atoms with Gasteiger partial charge in [0.1, 0.15) is 6.04 Å². The van der Waals surface area contributed by atoms with Crippen LogP contribution in [0.25, 0.3) is 0 Å². The average molecular weight is 323 g/mol. The van der Waals surface area contributed by atoms with Crippen LogP contribution in [0.2, 0.25) is 0 Å². The minimum absolute atomic E-state index is 0.147. The highest BCUT2D eigenvalue weighted by molar-refractivity contribution is 5.82. The van der Waals surface area contributed by atoms with Crippen LogP contribution < -0.4 is 11.1 Å². The van der Waals surface area contributed by atoms with E-state index < -0.39 is 6.04 Å². The summed E-state index contributed by atoms with van der Waals surface area (Å²) in [6, 6.07) is 17.3. The van der Waals surface area contributed by atoms with Crippen LogP contribution in [0, 0.1) is 0 Å². The fourth-order valence-corrected chi connectivity index (χ4v) is 3.15. The molecule has 1 aliphatic rings. The second kappa shape index (κ2) is 8.08. The molecule has 1 atom stereocenters. The molecule has 0 aromatic heterocycles. The van der Waals surface area contributed by atoms with Crippen molar-refractivity contribution in [1.29, 1.82) is 0 Å². The van der Waals surface area contributed by atoms with Crippen LogP contribution >= 0.6 is 0 Å². The third kappa shape index (κ3) is 4.43. The fourth-order valence-electron chi connectivity index (χ4n) is 3.15. The molecule has 2 aromatic rings. The third-order valence-electron chi connectivity index (χ3n) is 4.50. The molecule has 3 rings (SSSR count). The van der Waals surface area contributed by atoms with Crippen LogP contribution in [0.5, 0.6) is 0 Å². The van der Waals surface area contributed by atoms with Gasteiger partial charge < -0.3 is 11.1 Å². The lowest BCUT2D eigenvalue weighted by molar-refractivity contribution is -0.122. The molecule has 0 saturated carbocycles. The number of likely N-dealkylation sites (tertiary alicyclic amines) is 1. The van der Waals surface area contributed by atoms with E-state index in [1.54, 1.807) is 0 Å². The van der Waals surface area contributed by atoms with Gasteiger partial charge in [-0.2, -0.15) is 0 Å². The van der Waals surface area contributed by atoms with Crippen molar-refractivity contribution in [2.45, 2.75) is 32.0 Å². The summed E-state index contributed by atoms with van der Waals surface area (Å²) in [6.45, 7) is 3.87. The van der Waals surface area contributed by atoms with Crippen molar-refractivity contribution in [3.05, 3.63) is 71.3 Å². The molecule has 0 aliphatic carbocycles. The van der Waals surface area contributed by atoms with Crippen molar-refractivity contribution in [1.82, 2.24) is 10.2 Å². The number of hydrogen-bond acceptors (Lipinski definition) is 3. The SMILES string of the molecule is N[C@@H](C(=O)NCc1cccc(CN2CCCC2)c1)c1ccccc1. The second-order valence-corrected chi connectivity index (χ2v) is 6.41. The molecule has 1 fully saturated rings. The Labute approximate surface area is 143 Å². The van der Waals surface area contributed by atoms with Crippen molar-refractivity contribution >= 4 is 5.91 Å². The summed E-state index contributed by atoms with van der Waals surface area (Å²) >= 11 is 0. The maximum atomic E-state index is 12.2. The molecular weight excluding hydrogens is 298 g/mol. The Morgan fingerprint density at radius 1 is 1.04 bits per heavy atom. The van der Waals surface area contributed by atoms with Crippen LogP contribution in [-0.4, -0.2) is 23.9 Å². The predicted octanol–water partition coefficient (Wildman–Crippen LogP) is 2.60. The van der Waals surface area contributed by atoms with E-state index in [0.29, 0.717) is 6.54 Å². The highest BCUT2D eigenvalue weighted by atomic mass is 16.2. The van der Waals surface area contributed by atoms with Gasteiger partial charge in [-0.25, -0.2) is 0 Å². The number of amides is 1. The standard InChI is InChI=1S/C20H25N3O/c21-19(18-9-2-1-3-10-18)20(24)22-14-16-7-6-8-17(13-16)15-23-11-4-5-12-23/h1-3,6-10,13,19H,4-5,11-12,14-15,21H2,(H,22,24)/t19-/m1/s1. The van der Waals surface area contributed by atoms with Gasteiger partial charge in [0.25, 0.3) is 0 Å². The maximum Gasteiger partial charge on any atom is 0.241 e. The van der Waals surface area contributed by atoms with Crippen LogP contribution in [-0.2, 0) is 17.9 Å². The minimum atomic E-state index is -0.626. The van der Waals surface area contributed by atoms with Crippen LogP contribution in [0.1, 0.15) is 35.6 Å². The molecule has 126 valence electrons. The Hall–Kier alpha value is -2.17. The van der Waals surface area contributed by atoms with E-state index in [-0.39, 0.29) is 5.91 Å². The Balaban J connectivity index is 1.55. The normalized spacial score (nSPS) is 16.0. The molecule has 3 N–H and O–H groups in total. The highest BCUT2D eigenvalue weighted by Crippen LogP contribution is 2.14. The van der Waals surface area contributed by atoms with Gasteiger partial charge in [0, 0.05) is 13.1 Å². The van der Waals surface area contributed by atoms with Gasteiger partial charge in [-0.15, -0.1) is 0 Å². The lowest BCUT2D eigenvalue weighted by Gasteiger charge is -2.16. The average Bonchev–Trinajstić information content (AvgIpc) is 3.13. The van der Waals surface area contributed by atoms with E-state index in [0.717, 1.165) is 17.7 Å². The topological polar surface area (TPSA) is 58.4 Å². The van der Waals surface area contributed by atoms with E-state index in [1.165, 1.54) is 31.5 Å². The van der Waals surface area contributed by atoms with E-state index >= 15 is 0 Å². The van der Waals surface area contributed by atoms with Crippen molar-refractivity contribution in [3.8, 4) is 0 Å². The van der Waals surface area contributed by atoms with Gasteiger partial charge in [0.2, 0.25) is 5.91 Å². The Kier molecular flexibility index (Phi) is 5.62. The van der Waals surface area contributed by atoms with Crippen LogP contribution in [0.3, 0.4) is 0 Å². The zero-order chi connectivity index (χ0) is 16.8. The maximum absolute atomic E-state index is 12.2. The molecule has 1 heterocycles. The molecule has 1 saturated heterocycles. The van der Waals surface area contributed by atoms with Gasteiger partial charge >= 0.3 is 0 Å². The molecule has 0 spiro atoms. The van der Waals surface area contributed by atoms with Gasteiger partial charge in [0.05, 0.1) is 0 Å². The summed E-state index contributed by atoms with van der Waals surface area (Å²) in [7, 11) is 0. The third-order valence-corrected chi connectivity index (χ3v) is 4.50. The molecular formula is C20H25N3O. The molecule has 4 nitrogen and oxygen atoms in total. The van der Waals surface area contributed by atoms with Crippen molar-refractivity contribution in [2.75, 3.05) is 13.1 Å². The van der Waals surface area contributed by atoms with Gasteiger partial charge in [-0.05, 0) is 42.6 Å². The van der Waals surface area contributed by atoms with Crippen molar-refractivity contribution in [3.63, 3.8) is 0 Å². The summed E-state index contributed by atoms with van der Waals surface area (Å²) in [5, 5.41) is 2.94. The molecule has 0 unspecified atom stereocenters.